The molecule has 1 aliphatic rings. The third kappa shape index (κ3) is 4.97. The Labute approximate surface area is 211 Å². The molecule has 35 heavy (non-hydrogen) atoms. The SMILES string of the molecule is COc1cc(/C=C2\C(=O)NC(=O)N(c3cccc(C)c3C)C2=O)ccc1OCc1ccccc1Br. The summed E-state index contributed by atoms with van der Waals surface area (Å²) in [6, 6.07) is 17.4. The van der Waals surface area contributed by atoms with Crippen molar-refractivity contribution in [2.45, 2.75) is 20.5 Å². The summed E-state index contributed by atoms with van der Waals surface area (Å²) in [6.07, 6.45) is 1.43. The number of nitrogens with zero attached hydrogens (tertiary/aromatic N) is 1. The van der Waals surface area contributed by atoms with Crippen LogP contribution in [-0.4, -0.2) is 25.0 Å². The number of nitrogens with one attached hydrogen (secondary N) is 1. The van der Waals surface area contributed by atoms with Crippen LogP contribution in [-0.2, 0) is 16.2 Å². The summed E-state index contributed by atoms with van der Waals surface area (Å²) < 4.78 is 12.3. The van der Waals surface area contributed by atoms with Crippen molar-refractivity contribution in [3.05, 3.63) is 93.0 Å². The third-order valence-electron chi connectivity index (χ3n) is 5.76. The second-order valence-electron chi connectivity index (χ2n) is 7.97. The molecule has 1 heterocycles. The van der Waals surface area contributed by atoms with Gasteiger partial charge < -0.3 is 9.47 Å². The molecule has 0 aromatic heterocycles. The number of benzene rings is 3. The van der Waals surface area contributed by atoms with Gasteiger partial charge in [0.25, 0.3) is 11.8 Å². The maximum Gasteiger partial charge on any atom is 0.335 e. The lowest BCUT2D eigenvalue weighted by Gasteiger charge is -2.28. The molecule has 1 saturated heterocycles. The van der Waals surface area contributed by atoms with Gasteiger partial charge in [-0.25, -0.2) is 9.69 Å². The fourth-order valence-electron chi connectivity index (χ4n) is 3.68. The fraction of sp³-hybridized carbons (Fsp3) is 0.148. The summed E-state index contributed by atoms with van der Waals surface area (Å²) >= 11 is 3.50. The molecule has 0 unspecified atom stereocenters. The monoisotopic (exact) mass is 534 g/mol. The van der Waals surface area contributed by atoms with E-state index in [0.717, 1.165) is 26.1 Å². The lowest BCUT2D eigenvalue weighted by atomic mass is 10.0. The Kier molecular flexibility index (Phi) is 7.02. The maximum absolute atomic E-state index is 13.2. The molecule has 0 spiro atoms. The number of ether oxygens (including phenoxy) is 2. The van der Waals surface area contributed by atoms with Crippen molar-refractivity contribution in [3.8, 4) is 11.5 Å². The first-order valence-electron chi connectivity index (χ1n) is 10.8. The van der Waals surface area contributed by atoms with E-state index in [4.69, 9.17) is 9.47 Å². The molecule has 1 fully saturated rings. The summed E-state index contributed by atoms with van der Waals surface area (Å²) in [5, 5.41) is 2.26. The van der Waals surface area contributed by atoms with Gasteiger partial charge >= 0.3 is 6.03 Å². The summed E-state index contributed by atoms with van der Waals surface area (Å²) in [5.74, 6) is -0.495. The number of methoxy groups -OCH3 is 1. The highest BCUT2D eigenvalue weighted by Gasteiger charge is 2.37. The van der Waals surface area contributed by atoms with E-state index in [0.29, 0.717) is 29.4 Å². The number of hydrogen-bond donors (Lipinski definition) is 1. The minimum Gasteiger partial charge on any atom is -0.493 e. The smallest absolute Gasteiger partial charge is 0.335 e. The molecule has 1 aliphatic heterocycles. The molecule has 4 rings (SSSR count). The Morgan fingerprint density at radius 2 is 1.74 bits per heavy atom. The van der Waals surface area contributed by atoms with E-state index in [1.165, 1.54) is 13.2 Å². The van der Waals surface area contributed by atoms with Crippen LogP contribution in [0.3, 0.4) is 0 Å². The number of aryl methyl sites for hydroxylation is 1. The third-order valence-corrected chi connectivity index (χ3v) is 6.53. The van der Waals surface area contributed by atoms with E-state index in [1.807, 2.05) is 44.2 Å². The predicted octanol–water partition coefficient (Wildman–Crippen LogP) is 5.32. The highest BCUT2D eigenvalue weighted by atomic mass is 79.9. The molecule has 178 valence electrons. The van der Waals surface area contributed by atoms with Crippen molar-refractivity contribution in [1.29, 1.82) is 0 Å². The Balaban J connectivity index is 1.63. The molecule has 3 aromatic rings. The largest absolute Gasteiger partial charge is 0.493 e. The normalized spacial score (nSPS) is 14.8. The lowest BCUT2D eigenvalue weighted by molar-refractivity contribution is -0.122. The standard InChI is InChI=1S/C27H23BrN2O5/c1-16-7-6-10-22(17(16)2)30-26(32)20(25(31)29-27(30)33)13-18-11-12-23(24(14-18)34-3)35-15-19-8-4-5-9-21(19)28/h4-14H,15H2,1-3H3,(H,29,31,33)/b20-13+. The average molecular weight is 535 g/mol. The molecule has 3 aromatic carbocycles. The van der Waals surface area contributed by atoms with Crippen LogP contribution in [0.15, 0.2) is 70.7 Å². The molecule has 0 bridgehead atoms. The Morgan fingerprint density at radius 1 is 0.971 bits per heavy atom. The quantitative estimate of drug-likeness (QED) is 0.341. The minimum atomic E-state index is -0.778. The Morgan fingerprint density at radius 3 is 2.49 bits per heavy atom. The predicted molar refractivity (Wildman–Crippen MR) is 136 cm³/mol. The van der Waals surface area contributed by atoms with Crippen LogP contribution in [0.5, 0.6) is 11.5 Å². The number of carbonyl (C=O) groups excluding carboxylic acids is 3. The zero-order valence-corrected chi connectivity index (χ0v) is 21.0. The number of urea groups is 1. The first-order chi connectivity index (χ1) is 16.8. The number of anilines is 1. The van der Waals surface area contributed by atoms with Crippen molar-refractivity contribution in [3.63, 3.8) is 0 Å². The van der Waals surface area contributed by atoms with Gasteiger partial charge in [0.15, 0.2) is 11.5 Å². The first-order valence-corrected chi connectivity index (χ1v) is 11.6. The number of amides is 4. The van der Waals surface area contributed by atoms with E-state index < -0.39 is 17.8 Å². The van der Waals surface area contributed by atoms with Gasteiger partial charge in [0.2, 0.25) is 0 Å². The van der Waals surface area contributed by atoms with Crippen LogP contribution in [0.1, 0.15) is 22.3 Å². The lowest BCUT2D eigenvalue weighted by Crippen LogP contribution is -2.54. The van der Waals surface area contributed by atoms with Crippen LogP contribution in [0.4, 0.5) is 10.5 Å². The molecule has 0 saturated carbocycles. The molecule has 8 heteroatoms. The van der Waals surface area contributed by atoms with E-state index in [-0.39, 0.29) is 5.57 Å². The van der Waals surface area contributed by atoms with Gasteiger partial charge in [-0.3, -0.25) is 14.9 Å². The van der Waals surface area contributed by atoms with Gasteiger partial charge in [-0.1, -0.05) is 52.3 Å². The van der Waals surface area contributed by atoms with Crippen molar-refractivity contribution in [1.82, 2.24) is 5.32 Å². The number of hydrogen-bond acceptors (Lipinski definition) is 5. The maximum atomic E-state index is 13.2. The van der Waals surface area contributed by atoms with Crippen LogP contribution < -0.4 is 19.7 Å². The molecular formula is C27H23BrN2O5. The molecule has 0 atom stereocenters. The summed E-state index contributed by atoms with van der Waals surface area (Å²) in [4.78, 5) is 39.3. The second kappa shape index (κ2) is 10.1. The molecule has 4 amide bonds. The molecule has 1 N–H and O–H groups in total. The first kappa shape index (κ1) is 24.2. The number of halogens is 1. The molecule has 7 nitrogen and oxygen atoms in total. The van der Waals surface area contributed by atoms with Crippen LogP contribution >= 0.6 is 15.9 Å². The number of carbonyl (C=O) groups is 3. The zero-order chi connectivity index (χ0) is 25.1. The minimum absolute atomic E-state index is 0.158. The summed E-state index contributed by atoms with van der Waals surface area (Å²) in [5.41, 5.74) is 3.49. The van der Waals surface area contributed by atoms with Gasteiger partial charge in [0, 0.05) is 10.0 Å². The number of barbiturate groups is 1. The molecule has 0 aliphatic carbocycles. The van der Waals surface area contributed by atoms with Crippen molar-refractivity contribution in [2.75, 3.05) is 12.0 Å². The van der Waals surface area contributed by atoms with E-state index in [9.17, 15) is 14.4 Å². The average Bonchev–Trinajstić information content (AvgIpc) is 2.84. The molecular weight excluding hydrogens is 512 g/mol. The van der Waals surface area contributed by atoms with Crippen molar-refractivity contribution in [2.24, 2.45) is 0 Å². The van der Waals surface area contributed by atoms with Crippen LogP contribution in [0.25, 0.3) is 6.08 Å². The van der Waals surface area contributed by atoms with E-state index in [1.54, 1.807) is 30.3 Å². The highest BCUT2D eigenvalue weighted by molar-refractivity contribution is 9.10. The van der Waals surface area contributed by atoms with Gasteiger partial charge in [-0.05, 0) is 60.9 Å². The Bertz CT molecular complexity index is 1370. The van der Waals surface area contributed by atoms with E-state index >= 15 is 0 Å². The van der Waals surface area contributed by atoms with E-state index in [2.05, 4.69) is 21.2 Å². The number of rotatable bonds is 6. The van der Waals surface area contributed by atoms with Gasteiger partial charge in [-0.15, -0.1) is 0 Å². The van der Waals surface area contributed by atoms with Gasteiger partial charge in [-0.2, -0.15) is 0 Å². The summed E-state index contributed by atoms with van der Waals surface area (Å²) in [6.45, 7) is 4.04. The van der Waals surface area contributed by atoms with Crippen LogP contribution in [0.2, 0.25) is 0 Å². The summed E-state index contributed by atoms with van der Waals surface area (Å²) in [7, 11) is 1.51. The van der Waals surface area contributed by atoms with Gasteiger partial charge in [0.1, 0.15) is 12.2 Å². The zero-order valence-electron chi connectivity index (χ0n) is 19.4. The molecule has 0 radical (unpaired) electrons. The Hall–Kier alpha value is -3.91. The fourth-order valence-corrected chi connectivity index (χ4v) is 4.08. The van der Waals surface area contributed by atoms with Gasteiger partial charge in [0.05, 0.1) is 12.8 Å². The second-order valence-corrected chi connectivity index (χ2v) is 8.82. The topological polar surface area (TPSA) is 84.9 Å². The highest BCUT2D eigenvalue weighted by Crippen LogP contribution is 2.32. The van der Waals surface area contributed by atoms with Crippen molar-refractivity contribution >= 4 is 45.5 Å². The van der Waals surface area contributed by atoms with Crippen LogP contribution in [0, 0.1) is 13.8 Å². The van der Waals surface area contributed by atoms with Crippen molar-refractivity contribution < 1.29 is 23.9 Å². The number of imide groups is 2.